The van der Waals surface area contributed by atoms with E-state index in [1.165, 1.54) is 5.56 Å². The second-order valence-electron chi connectivity index (χ2n) is 7.43. The number of alkyl carbamates (subject to hydrolysis) is 1. The van der Waals surface area contributed by atoms with Gasteiger partial charge in [-0.1, -0.05) is 23.7 Å². The molecule has 0 aromatic heterocycles. The predicted octanol–water partition coefficient (Wildman–Crippen LogP) is 3.06. The predicted molar refractivity (Wildman–Crippen MR) is 106 cm³/mol. The minimum absolute atomic E-state index is 0.0660. The average Bonchev–Trinajstić information content (AvgIpc) is 2.98. The van der Waals surface area contributed by atoms with E-state index in [9.17, 15) is 4.79 Å². The second kappa shape index (κ2) is 9.12. The summed E-state index contributed by atoms with van der Waals surface area (Å²) in [4.78, 5) is 18.4. The average molecular weight is 381 g/mol. The summed E-state index contributed by atoms with van der Waals surface area (Å²) in [6.45, 7) is 7.92. The van der Waals surface area contributed by atoms with Crippen molar-refractivity contribution in [1.29, 1.82) is 0 Å². The molecule has 7 heteroatoms. The lowest BCUT2D eigenvalue weighted by molar-refractivity contribution is 0.0507. The Labute approximate surface area is 161 Å². The fourth-order valence-corrected chi connectivity index (χ4v) is 3.10. The van der Waals surface area contributed by atoms with Crippen molar-refractivity contribution >= 4 is 23.7 Å². The van der Waals surface area contributed by atoms with E-state index in [2.05, 4.69) is 26.6 Å². The van der Waals surface area contributed by atoms with Gasteiger partial charge < -0.3 is 20.3 Å². The molecule has 1 unspecified atom stereocenters. The summed E-state index contributed by atoms with van der Waals surface area (Å²) < 4.78 is 5.32. The normalized spacial score (nSPS) is 18.0. The van der Waals surface area contributed by atoms with Crippen LogP contribution in [0.3, 0.4) is 0 Å². The second-order valence-corrected chi connectivity index (χ2v) is 7.87. The zero-order valence-corrected chi connectivity index (χ0v) is 16.8. The third-order valence-corrected chi connectivity index (χ3v) is 4.24. The van der Waals surface area contributed by atoms with Crippen molar-refractivity contribution in [2.75, 3.05) is 26.7 Å². The van der Waals surface area contributed by atoms with Crippen molar-refractivity contribution in [2.45, 2.75) is 45.3 Å². The number of amides is 1. The Bertz CT molecular complexity index is 643. The van der Waals surface area contributed by atoms with Gasteiger partial charge in [0.05, 0.1) is 6.04 Å². The van der Waals surface area contributed by atoms with Crippen LogP contribution in [-0.2, 0) is 11.2 Å². The van der Waals surface area contributed by atoms with Crippen molar-refractivity contribution in [1.82, 2.24) is 15.5 Å². The van der Waals surface area contributed by atoms with Crippen LogP contribution in [0.4, 0.5) is 4.79 Å². The molecule has 2 N–H and O–H groups in total. The lowest BCUT2D eigenvalue weighted by Crippen LogP contribution is -2.44. The molecule has 0 spiro atoms. The standard InChI is InChI=1S/C19H29ClN4O2/c1-19(2,3)26-18(25)23-16-9-11-24(13-16)17(21-4)22-10-8-14-6-5-7-15(20)12-14/h5-7,12,16H,8-11,13H2,1-4H3,(H,21,22)(H,23,25). The van der Waals surface area contributed by atoms with Gasteiger partial charge in [0, 0.05) is 31.7 Å². The summed E-state index contributed by atoms with van der Waals surface area (Å²) in [6.07, 6.45) is 1.37. The highest BCUT2D eigenvalue weighted by molar-refractivity contribution is 6.30. The Hall–Kier alpha value is -1.95. The lowest BCUT2D eigenvalue weighted by atomic mass is 10.1. The van der Waals surface area contributed by atoms with Crippen LogP contribution < -0.4 is 10.6 Å². The van der Waals surface area contributed by atoms with E-state index in [0.717, 1.165) is 43.5 Å². The summed E-state index contributed by atoms with van der Waals surface area (Å²) in [5.41, 5.74) is 0.701. The van der Waals surface area contributed by atoms with Crippen LogP contribution in [-0.4, -0.2) is 55.3 Å². The number of carbonyl (C=O) groups excluding carboxylic acids is 1. The number of nitrogens with zero attached hydrogens (tertiary/aromatic N) is 2. The molecule has 2 rings (SSSR count). The Morgan fingerprint density at radius 2 is 2.19 bits per heavy atom. The fraction of sp³-hybridized carbons (Fsp3) is 0.579. The van der Waals surface area contributed by atoms with Gasteiger partial charge in [0.2, 0.25) is 0 Å². The first-order valence-electron chi connectivity index (χ1n) is 8.96. The van der Waals surface area contributed by atoms with E-state index in [1.54, 1.807) is 7.05 Å². The largest absolute Gasteiger partial charge is 0.444 e. The molecular formula is C19H29ClN4O2. The molecule has 26 heavy (non-hydrogen) atoms. The molecule has 6 nitrogen and oxygen atoms in total. The van der Waals surface area contributed by atoms with E-state index >= 15 is 0 Å². The number of ether oxygens (including phenoxy) is 1. The molecular weight excluding hydrogens is 352 g/mol. The van der Waals surface area contributed by atoms with Crippen LogP contribution in [0.25, 0.3) is 0 Å². The first-order valence-corrected chi connectivity index (χ1v) is 9.34. The molecule has 1 aromatic carbocycles. The highest BCUT2D eigenvalue weighted by Gasteiger charge is 2.27. The minimum Gasteiger partial charge on any atom is -0.444 e. The van der Waals surface area contributed by atoms with Gasteiger partial charge in [-0.25, -0.2) is 4.79 Å². The summed E-state index contributed by atoms with van der Waals surface area (Å²) in [7, 11) is 1.77. The van der Waals surface area contributed by atoms with Gasteiger partial charge in [-0.3, -0.25) is 4.99 Å². The number of halogens is 1. The van der Waals surface area contributed by atoms with Gasteiger partial charge in [0.25, 0.3) is 0 Å². The summed E-state index contributed by atoms with van der Waals surface area (Å²) >= 11 is 6.02. The Kier molecular flexibility index (Phi) is 7.14. The number of guanidine groups is 1. The van der Waals surface area contributed by atoms with E-state index in [4.69, 9.17) is 16.3 Å². The monoisotopic (exact) mass is 380 g/mol. The number of likely N-dealkylation sites (tertiary alicyclic amines) is 1. The van der Waals surface area contributed by atoms with Gasteiger partial charge in [-0.05, 0) is 51.3 Å². The molecule has 0 aliphatic carbocycles. The lowest BCUT2D eigenvalue weighted by Gasteiger charge is -2.23. The Balaban J connectivity index is 1.77. The Morgan fingerprint density at radius 1 is 1.42 bits per heavy atom. The van der Waals surface area contributed by atoms with Crippen LogP contribution in [0.1, 0.15) is 32.8 Å². The van der Waals surface area contributed by atoms with E-state index in [-0.39, 0.29) is 12.1 Å². The van der Waals surface area contributed by atoms with Crippen molar-refractivity contribution in [3.63, 3.8) is 0 Å². The molecule has 1 fully saturated rings. The van der Waals surface area contributed by atoms with Crippen molar-refractivity contribution in [2.24, 2.45) is 4.99 Å². The SMILES string of the molecule is CN=C(NCCc1cccc(Cl)c1)N1CCC(NC(=O)OC(C)(C)C)C1. The molecule has 0 bridgehead atoms. The number of hydrogen-bond acceptors (Lipinski definition) is 3. The van der Waals surface area contributed by atoms with Gasteiger partial charge in [0.15, 0.2) is 5.96 Å². The van der Waals surface area contributed by atoms with Crippen LogP contribution in [0.15, 0.2) is 29.3 Å². The quantitative estimate of drug-likeness (QED) is 0.622. The number of carbonyl (C=O) groups is 1. The zero-order valence-electron chi connectivity index (χ0n) is 16.0. The van der Waals surface area contributed by atoms with E-state index in [0.29, 0.717) is 0 Å². The highest BCUT2D eigenvalue weighted by Crippen LogP contribution is 2.13. The maximum absolute atomic E-state index is 11.9. The van der Waals surface area contributed by atoms with Gasteiger partial charge in [0.1, 0.15) is 5.60 Å². The molecule has 1 amide bonds. The summed E-state index contributed by atoms with van der Waals surface area (Å²) in [5.74, 6) is 0.848. The molecule has 1 aliphatic heterocycles. The first kappa shape index (κ1) is 20.4. The van der Waals surface area contributed by atoms with Crippen molar-refractivity contribution < 1.29 is 9.53 Å². The van der Waals surface area contributed by atoms with E-state index < -0.39 is 5.60 Å². The van der Waals surface area contributed by atoms with E-state index in [1.807, 2.05) is 39.0 Å². The molecule has 0 radical (unpaired) electrons. The van der Waals surface area contributed by atoms with Crippen molar-refractivity contribution in [3.05, 3.63) is 34.9 Å². The van der Waals surface area contributed by atoms with Crippen LogP contribution in [0.5, 0.6) is 0 Å². The zero-order chi connectivity index (χ0) is 19.2. The number of rotatable bonds is 4. The number of hydrogen-bond donors (Lipinski definition) is 2. The third-order valence-electron chi connectivity index (χ3n) is 4.01. The molecule has 1 saturated heterocycles. The fourth-order valence-electron chi connectivity index (χ4n) is 2.89. The molecule has 1 atom stereocenters. The smallest absolute Gasteiger partial charge is 0.407 e. The number of benzene rings is 1. The van der Waals surface area contributed by atoms with Crippen LogP contribution >= 0.6 is 11.6 Å². The van der Waals surface area contributed by atoms with Gasteiger partial charge in [-0.2, -0.15) is 0 Å². The molecule has 0 saturated carbocycles. The van der Waals surface area contributed by atoms with Crippen LogP contribution in [0, 0.1) is 0 Å². The van der Waals surface area contributed by atoms with Gasteiger partial charge >= 0.3 is 6.09 Å². The molecule has 1 aromatic rings. The van der Waals surface area contributed by atoms with Crippen molar-refractivity contribution in [3.8, 4) is 0 Å². The minimum atomic E-state index is -0.486. The maximum Gasteiger partial charge on any atom is 0.407 e. The number of nitrogens with one attached hydrogen (secondary N) is 2. The Morgan fingerprint density at radius 3 is 2.85 bits per heavy atom. The number of aliphatic imine (C=N–C) groups is 1. The molecule has 1 aliphatic rings. The maximum atomic E-state index is 11.9. The third kappa shape index (κ3) is 6.75. The summed E-state index contributed by atoms with van der Waals surface area (Å²) in [6, 6.07) is 7.94. The van der Waals surface area contributed by atoms with Gasteiger partial charge in [-0.15, -0.1) is 0 Å². The highest BCUT2D eigenvalue weighted by atomic mass is 35.5. The topological polar surface area (TPSA) is 66.0 Å². The summed E-state index contributed by atoms with van der Waals surface area (Å²) in [5, 5.41) is 7.06. The molecule has 1 heterocycles. The first-order chi connectivity index (χ1) is 12.3. The van der Waals surface area contributed by atoms with Crippen LogP contribution in [0.2, 0.25) is 5.02 Å². The molecule has 144 valence electrons.